The second-order valence-corrected chi connectivity index (χ2v) is 11.8. The second kappa shape index (κ2) is 19.2. The van der Waals surface area contributed by atoms with Crippen LogP contribution in [0.25, 0.3) is 0 Å². The summed E-state index contributed by atoms with van der Waals surface area (Å²) in [6, 6.07) is 27.3. The summed E-state index contributed by atoms with van der Waals surface area (Å²) in [5.41, 5.74) is 5.57. The average molecular weight is 638 g/mol. The quantitative estimate of drug-likeness (QED) is 0.267. The molecule has 0 heterocycles. The maximum atomic E-state index is 4.84. The van der Waals surface area contributed by atoms with Crippen LogP contribution in [0.2, 0.25) is 0 Å². The van der Waals surface area contributed by atoms with E-state index in [1.165, 1.54) is 22.3 Å². The molecule has 3 aromatic carbocycles. The van der Waals surface area contributed by atoms with Crippen molar-refractivity contribution in [1.82, 2.24) is 0 Å². The summed E-state index contributed by atoms with van der Waals surface area (Å²) in [6.07, 6.45) is 0.824. The van der Waals surface area contributed by atoms with E-state index >= 15 is 0 Å². The molecule has 2 nitrogen and oxygen atoms in total. The Morgan fingerprint density at radius 2 is 1.05 bits per heavy atom. The van der Waals surface area contributed by atoms with E-state index in [-0.39, 0.29) is 71.9 Å². The molecule has 0 saturated carbocycles. The third-order valence-electron chi connectivity index (χ3n) is 5.61. The Hall–Kier alpha value is -0.987. The summed E-state index contributed by atoms with van der Waals surface area (Å²) in [5.74, 6) is 1.38. The van der Waals surface area contributed by atoms with E-state index in [1.807, 2.05) is 36.4 Å². The summed E-state index contributed by atoms with van der Waals surface area (Å²) in [7, 11) is 6.66. The normalized spacial score (nSPS) is 10.6. The van der Waals surface area contributed by atoms with Crippen LogP contribution in [-0.2, 0) is 78.3 Å². The first kappa shape index (κ1) is 42.5. The summed E-state index contributed by atoms with van der Waals surface area (Å²) >= 11 is 0. The molecule has 0 fully saturated rings. The molecule has 0 atom stereocenters. The fourth-order valence-electron chi connectivity index (χ4n) is 3.04. The van der Waals surface area contributed by atoms with Gasteiger partial charge in [-0.1, -0.05) is 73.1 Å². The molecule has 0 N–H and O–H groups in total. The first-order valence-electron chi connectivity index (χ1n) is 12.3. The van der Waals surface area contributed by atoms with Crippen molar-refractivity contribution in [2.24, 2.45) is 0 Å². The van der Waals surface area contributed by atoms with Crippen LogP contribution in [0.1, 0.15) is 84.6 Å². The topological polar surface area (TPSA) is 18.5 Å². The average Bonchev–Trinajstić information content (AvgIpc) is 2.83. The van der Waals surface area contributed by atoms with Crippen molar-refractivity contribution in [3.8, 4) is 11.5 Å². The number of rotatable bonds is 3. The van der Waals surface area contributed by atoms with Crippen molar-refractivity contribution in [3.05, 3.63) is 116 Å². The van der Waals surface area contributed by atoms with E-state index < -0.39 is 0 Å². The molecule has 3 aromatic rings. The van der Waals surface area contributed by atoms with Crippen molar-refractivity contribution >= 4 is 0 Å². The van der Waals surface area contributed by atoms with Gasteiger partial charge in [0.25, 0.3) is 0 Å². The zero-order chi connectivity index (χ0) is 27.6. The molecule has 207 valence electrons. The van der Waals surface area contributed by atoms with Gasteiger partial charge >= 0.3 is 55.7 Å². The third kappa shape index (κ3) is 16.1. The minimum Gasteiger partial charge on any atom is -0.683 e. The molecule has 0 unspecified atom stereocenters. The van der Waals surface area contributed by atoms with Gasteiger partial charge in [0.1, 0.15) is 0 Å². The SMILES string of the molecule is [CH2-]Cc1[c-]cc(C(C)(C)C)cc1.[CH2-]Oc1[c-]cc(C(C)(C)C)cc1.[CH2-]Oc1[c-]ccc(C(C)(C)C)c1.[V+2].[V+2].[V+2]. The van der Waals surface area contributed by atoms with Gasteiger partial charge in [0.15, 0.2) is 0 Å². The number of hydrogen-bond acceptors (Lipinski definition) is 2. The fraction of sp³-hybridized carbons (Fsp3) is 0.382. The van der Waals surface area contributed by atoms with Gasteiger partial charge in [-0.2, -0.15) is 85.9 Å². The monoisotopic (exact) mass is 637 g/mol. The van der Waals surface area contributed by atoms with Gasteiger partial charge in [-0.3, -0.25) is 0 Å². The van der Waals surface area contributed by atoms with Crippen molar-refractivity contribution in [3.63, 3.8) is 0 Å². The van der Waals surface area contributed by atoms with E-state index in [0.717, 1.165) is 6.42 Å². The molecule has 0 aliphatic carbocycles. The zero-order valence-corrected chi connectivity index (χ0v) is 29.4. The van der Waals surface area contributed by atoms with Crippen molar-refractivity contribution in [2.75, 3.05) is 0 Å². The van der Waals surface area contributed by atoms with Crippen LogP contribution >= 0.6 is 0 Å². The van der Waals surface area contributed by atoms with E-state index in [2.05, 4.69) is 120 Å². The minimum atomic E-state index is 0. The van der Waals surface area contributed by atoms with E-state index in [4.69, 9.17) is 9.47 Å². The van der Waals surface area contributed by atoms with Gasteiger partial charge < -0.3 is 16.4 Å². The van der Waals surface area contributed by atoms with Gasteiger partial charge in [0, 0.05) is 0 Å². The molecule has 39 heavy (non-hydrogen) atoms. The van der Waals surface area contributed by atoms with E-state index in [9.17, 15) is 0 Å². The van der Waals surface area contributed by atoms with E-state index in [1.54, 1.807) is 0 Å². The van der Waals surface area contributed by atoms with Crippen molar-refractivity contribution in [2.45, 2.75) is 85.0 Å². The van der Waals surface area contributed by atoms with Crippen LogP contribution in [0.15, 0.2) is 54.6 Å². The summed E-state index contributed by atoms with van der Waals surface area (Å²) in [5, 5.41) is 0. The zero-order valence-electron chi connectivity index (χ0n) is 25.2. The molecule has 5 heteroatoms. The Balaban J connectivity index is -0.000000480. The predicted octanol–water partition coefficient (Wildman–Crippen LogP) is 9.06. The van der Waals surface area contributed by atoms with Crippen LogP contribution < -0.4 is 9.47 Å². The van der Waals surface area contributed by atoms with Crippen LogP contribution in [0.4, 0.5) is 0 Å². The van der Waals surface area contributed by atoms with Crippen LogP contribution in [0.3, 0.4) is 0 Å². The Labute approximate surface area is 276 Å². The molecule has 0 amide bonds. The Morgan fingerprint density at radius 3 is 1.38 bits per heavy atom. The molecular formula is C34H44O2V3. The van der Waals surface area contributed by atoms with Gasteiger partial charge in [-0.05, 0) is 16.9 Å². The van der Waals surface area contributed by atoms with Gasteiger partial charge in [-0.25, -0.2) is 0 Å². The molecule has 0 spiro atoms. The number of hydrogen-bond donors (Lipinski definition) is 0. The smallest absolute Gasteiger partial charge is 0.683 e. The molecule has 3 rings (SSSR count). The van der Waals surface area contributed by atoms with E-state index in [0.29, 0.717) is 11.5 Å². The first-order valence-corrected chi connectivity index (χ1v) is 12.3. The number of ether oxygens (including phenoxy) is 2. The Morgan fingerprint density at radius 1 is 0.590 bits per heavy atom. The van der Waals surface area contributed by atoms with Gasteiger partial charge in [0.2, 0.25) is 0 Å². The fourth-order valence-corrected chi connectivity index (χ4v) is 3.04. The van der Waals surface area contributed by atoms with Crippen LogP contribution in [0, 0.1) is 39.3 Å². The summed E-state index contributed by atoms with van der Waals surface area (Å²) in [4.78, 5) is 0. The van der Waals surface area contributed by atoms with Gasteiger partial charge in [-0.15, -0.1) is 29.8 Å². The minimum absolute atomic E-state index is 0. The Kier molecular flexibility index (Phi) is 20.9. The molecule has 0 saturated heterocycles. The molecule has 0 bridgehead atoms. The van der Waals surface area contributed by atoms with Crippen LogP contribution in [0.5, 0.6) is 11.5 Å². The Bertz CT molecular complexity index is 967. The van der Waals surface area contributed by atoms with Crippen molar-refractivity contribution in [1.29, 1.82) is 0 Å². The summed E-state index contributed by atoms with van der Waals surface area (Å²) in [6.45, 7) is 23.4. The maximum Gasteiger partial charge on any atom is 2.00 e. The maximum absolute atomic E-state index is 4.84. The third-order valence-corrected chi connectivity index (χ3v) is 5.61. The standard InChI is InChI=1S/C12H16.2C11H14O.3V/c1-5-10-6-8-11(9-7-10)12(2,3)4;1-11(2,3)9-5-7-10(12-4)8-6-9;1-11(2,3)9-6-5-7-10(8-9)12-4;;;/h6,8-9H,1,5H2,2-4H3;5-7H,4H2,1-3H3;5-6,8H,4H2,1-3H3;;;/q3*-2;3*+2. The molecule has 3 radical (unpaired) electrons. The number of benzene rings is 3. The van der Waals surface area contributed by atoms with Gasteiger partial charge in [0.05, 0.1) is 0 Å². The second-order valence-electron chi connectivity index (χ2n) is 11.8. The largest absolute Gasteiger partial charge is 2.00 e. The molecule has 0 aromatic heterocycles. The summed E-state index contributed by atoms with van der Waals surface area (Å²) < 4.78 is 9.62. The first-order chi connectivity index (χ1) is 16.6. The molecule has 0 aliphatic heterocycles. The van der Waals surface area contributed by atoms with Crippen LogP contribution in [-0.4, -0.2) is 0 Å². The predicted molar refractivity (Wildman–Crippen MR) is 153 cm³/mol. The molecule has 0 aliphatic rings. The van der Waals surface area contributed by atoms with Crippen molar-refractivity contribution < 1.29 is 65.1 Å². The molecular weight excluding hydrogens is 593 g/mol.